The van der Waals surface area contributed by atoms with Gasteiger partial charge in [-0.1, -0.05) is 11.6 Å². The molecule has 1 amide bonds. The number of non-ortho nitro benzene ring substituents is 1. The van der Waals surface area contributed by atoms with E-state index in [2.05, 4.69) is 10.3 Å². The molecule has 2 aromatic heterocycles. The lowest BCUT2D eigenvalue weighted by Gasteiger charge is -2.31. The first-order valence-electron chi connectivity index (χ1n) is 11.5. The van der Waals surface area contributed by atoms with E-state index in [1.165, 1.54) is 16.4 Å². The van der Waals surface area contributed by atoms with E-state index in [0.29, 0.717) is 47.6 Å². The number of carbonyl (C=O) groups excluding carboxylic acids is 1. The van der Waals surface area contributed by atoms with Crippen molar-refractivity contribution in [3.8, 4) is 0 Å². The molecule has 37 heavy (non-hydrogen) atoms. The SMILES string of the molecule is O=C(NCc1ccc(S(=O)(=O)N2CCC(n3cnc4ccc([N+](=O)[O-])cc43)CC2)s1)c1ccc(Cl)cc1. The van der Waals surface area contributed by atoms with Gasteiger partial charge in [0.25, 0.3) is 21.6 Å². The van der Waals surface area contributed by atoms with Crippen LogP contribution in [0, 0.1) is 10.1 Å². The van der Waals surface area contributed by atoms with Crippen molar-refractivity contribution in [3.05, 3.63) is 86.5 Å². The van der Waals surface area contributed by atoms with E-state index in [1.807, 2.05) is 4.57 Å². The van der Waals surface area contributed by atoms with Crippen LogP contribution >= 0.6 is 22.9 Å². The second-order valence-corrected chi connectivity index (χ2v) is 12.4. The van der Waals surface area contributed by atoms with Crippen LogP contribution < -0.4 is 5.32 Å². The average molecular weight is 560 g/mol. The van der Waals surface area contributed by atoms with Crippen molar-refractivity contribution in [3.63, 3.8) is 0 Å². The van der Waals surface area contributed by atoms with Gasteiger partial charge in [0.15, 0.2) is 0 Å². The Morgan fingerprint density at radius 1 is 1.14 bits per heavy atom. The number of imidazole rings is 1. The highest BCUT2D eigenvalue weighted by molar-refractivity contribution is 7.91. The lowest BCUT2D eigenvalue weighted by atomic mass is 10.1. The van der Waals surface area contributed by atoms with Crippen LogP contribution in [-0.2, 0) is 16.6 Å². The molecule has 0 saturated carbocycles. The summed E-state index contributed by atoms with van der Waals surface area (Å²) in [6.45, 7) is 0.855. The molecular formula is C24H22ClN5O5S2. The smallest absolute Gasteiger partial charge is 0.271 e. The van der Waals surface area contributed by atoms with Crippen LogP contribution in [0.5, 0.6) is 0 Å². The maximum absolute atomic E-state index is 13.3. The number of benzene rings is 2. The van der Waals surface area contributed by atoms with Crippen LogP contribution in [0.15, 0.2) is 65.1 Å². The van der Waals surface area contributed by atoms with Gasteiger partial charge in [-0.3, -0.25) is 14.9 Å². The molecule has 13 heteroatoms. The number of hydrogen-bond donors (Lipinski definition) is 1. The standard InChI is InChI=1S/C24H22ClN5O5S2/c25-17-3-1-16(2-4-17)24(31)26-14-20-6-8-23(36-20)37(34,35)28-11-9-18(10-12-28)29-15-27-21-7-5-19(30(32)33)13-22(21)29/h1-8,13,15,18H,9-12,14H2,(H,26,31). The second-order valence-electron chi connectivity index (χ2n) is 8.63. The molecule has 0 bridgehead atoms. The van der Waals surface area contributed by atoms with Crippen LogP contribution in [0.3, 0.4) is 0 Å². The number of carbonyl (C=O) groups is 1. The number of piperidine rings is 1. The lowest BCUT2D eigenvalue weighted by Crippen LogP contribution is -2.38. The van der Waals surface area contributed by atoms with Crippen molar-refractivity contribution < 1.29 is 18.1 Å². The number of thiophene rings is 1. The fourth-order valence-electron chi connectivity index (χ4n) is 4.37. The van der Waals surface area contributed by atoms with E-state index < -0.39 is 14.9 Å². The Morgan fingerprint density at radius 2 is 1.86 bits per heavy atom. The summed E-state index contributed by atoms with van der Waals surface area (Å²) in [5.41, 5.74) is 1.79. The summed E-state index contributed by atoms with van der Waals surface area (Å²) in [7, 11) is -3.68. The van der Waals surface area contributed by atoms with E-state index in [9.17, 15) is 23.3 Å². The van der Waals surface area contributed by atoms with Crippen molar-refractivity contribution in [2.75, 3.05) is 13.1 Å². The molecule has 1 fully saturated rings. The number of aromatic nitrogens is 2. The fraction of sp³-hybridized carbons (Fsp3) is 0.250. The highest BCUT2D eigenvalue weighted by Crippen LogP contribution is 2.32. The first-order valence-corrected chi connectivity index (χ1v) is 14.1. The number of nitrogens with zero attached hydrogens (tertiary/aromatic N) is 4. The number of amides is 1. The molecule has 4 aromatic rings. The van der Waals surface area contributed by atoms with Crippen molar-refractivity contribution in [1.29, 1.82) is 0 Å². The fourth-order valence-corrected chi connectivity index (χ4v) is 7.41. The molecule has 1 N–H and O–H groups in total. The first-order chi connectivity index (χ1) is 17.7. The second kappa shape index (κ2) is 10.2. The van der Waals surface area contributed by atoms with Crippen molar-refractivity contribution in [1.82, 2.24) is 19.2 Å². The van der Waals surface area contributed by atoms with Gasteiger partial charge in [-0.15, -0.1) is 11.3 Å². The molecule has 2 aromatic carbocycles. The van der Waals surface area contributed by atoms with E-state index in [0.717, 1.165) is 16.2 Å². The molecule has 3 heterocycles. The van der Waals surface area contributed by atoms with E-state index in [1.54, 1.807) is 48.8 Å². The zero-order valence-electron chi connectivity index (χ0n) is 19.4. The topological polar surface area (TPSA) is 127 Å². The molecule has 0 spiro atoms. The molecule has 1 saturated heterocycles. The number of fused-ring (bicyclic) bond motifs is 1. The third-order valence-corrected chi connectivity index (χ3v) is 10.1. The van der Waals surface area contributed by atoms with Gasteiger partial charge >= 0.3 is 0 Å². The summed E-state index contributed by atoms with van der Waals surface area (Å²) in [6, 6.07) is 14.3. The minimum Gasteiger partial charge on any atom is -0.347 e. The van der Waals surface area contributed by atoms with Crippen molar-refractivity contribution in [2.24, 2.45) is 0 Å². The van der Waals surface area contributed by atoms with E-state index in [4.69, 9.17) is 11.6 Å². The first kappa shape index (κ1) is 25.3. The molecule has 192 valence electrons. The predicted octanol–water partition coefficient (Wildman–Crippen LogP) is 4.62. The van der Waals surface area contributed by atoms with Crippen LogP contribution in [0.25, 0.3) is 11.0 Å². The summed E-state index contributed by atoms with van der Waals surface area (Å²) in [6.07, 6.45) is 2.78. The Hall–Kier alpha value is -3.32. The summed E-state index contributed by atoms with van der Waals surface area (Å²) < 4.78 is 30.1. The molecule has 1 aliphatic heterocycles. The molecule has 0 aliphatic carbocycles. The Labute approximate surface area is 221 Å². The summed E-state index contributed by atoms with van der Waals surface area (Å²) >= 11 is 6.99. The third kappa shape index (κ3) is 5.23. The Morgan fingerprint density at radius 3 is 2.57 bits per heavy atom. The molecular weight excluding hydrogens is 538 g/mol. The number of hydrogen-bond acceptors (Lipinski definition) is 7. The molecule has 1 aliphatic rings. The van der Waals surface area contributed by atoms with Gasteiger partial charge in [-0.05, 0) is 55.3 Å². The molecule has 0 atom stereocenters. The zero-order chi connectivity index (χ0) is 26.2. The number of nitro benzene ring substituents is 1. The van der Waals surface area contributed by atoms with Gasteiger partial charge in [0.1, 0.15) is 4.21 Å². The molecule has 5 rings (SSSR count). The maximum atomic E-state index is 13.3. The van der Waals surface area contributed by atoms with Gasteiger partial charge in [-0.25, -0.2) is 13.4 Å². The minimum atomic E-state index is -3.68. The maximum Gasteiger partial charge on any atom is 0.271 e. The lowest BCUT2D eigenvalue weighted by molar-refractivity contribution is -0.384. The van der Waals surface area contributed by atoms with Gasteiger partial charge in [0.05, 0.1) is 28.8 Å². The van der Waals surface area contributed by atoms with Crippen LogP contribution in [-0.4, -0.2) is 46.2 Å². The summed E-state index contributed by atoms with van der Waals surface area (Å²) in [4.78, 5) is 28.1. The van der Waals surface area contributed by atoms with Crippen molar-refractivity contribution >= 4 is 55.6 Å². The highest BCUT2D eigenvalue weighted by Gasteiger charge is 2.31. The number of nitro groups is 1. The summed E-state index contributed by atoms with van der Waals surface area (Å²) in [5.74, 6) is -0.270. The average Bonchev–Trinajstić information content (AvgIpc) is 3.55. The van der Waals surface area contributed by atoms with Crippen molar-refractivity contribution in [2.45, 2.75) is 29.6 Å². The normalized spacial score (nSPS) is 15.2. The summed E-state index contributed by atoms with van der Waals surface area (Å²) in [5, 5.41) is 14.5. The van der Waals surface area contributed by atoms with E-state index >= 15 is 0 Å². The number of rotatable bonds is 7. The van der Waals surface area contributed by atoms with E-state index in [-0.39, 0.29) is 28.4 Å². The molecule has 0 radical (unpaired) electrons. The third-order valence-electron chi connectivity index (χ3n) is 6.35. The Kier molecular flexibility index (Phi) is 6.99. The van der Waals surface area contributed by atoms with Gasteiger partial charge in [-0.2, -0.15) is 4.31 Å². The highest BCUT2D eigenvalue weighted by atomic mass is 35.5. The number of sulfonamides is 1. The Bertz CT molecular complexity index is 1570. The predicted molar refractivity (Wildman–Crippen MR) is 140 cm³/mol. The van der Waals surface area contributed by atoms with Crippen LogP contribution in [0.2, 0.25) is 5.02 Å². The monoisotopic (exact) mass is 559 g/mol. The number of nitrogens with one attached hydrogen (secondary N) is 1. The zero-order valence-corrected chi connectivity index (χ0v) is 21.8. The van der Waals surface area contributed by atoms with Gasteiger partial charge < -0.3 is 9.88 Å². The van der Waals surface area contributed by atoms with Crippen LogP contribution in [0.1, 0.15) is 34.1 Å². The molecule has 10 nitrogen and oxygen atoms in total. The van der Waals surface area contributed by atoms with Gasteiger partial charge in [0.2, 0.25) is 0 Å². The number of halogens is 1. The quantitative estimate of drug-likeness (QED) is 0.260. The largest absolute Gasteiger partial charge is 0.347 e. The minimum absolute atomic E-state index is 0.00730. The molecule has 0 unspecified atom stereocenters. The van der Waals surface area contributed by atoms with Gasteiger partial charge in [0, 0.05) is 46.7 Å². The Balaban J connectivity index is 1.22. The van der Waals surface area contributed by atoms with Crippen LogP contribution in [0.4, 0.5) is 5.69 Å².